The summed E-state index contributed by atoms with van der Waals surface area (Å²) < 4.78 is 6.27. The van der Waals surface area contributed by atoms with Crippen LogP contribution in [-0.2, 0) is 23.2 Å². The molecule has 7 N–H and O–H groups in total. The topological polar surface area (TPSA) is 139 Å². The number of hydrogen-bond donors (Lipinski definition) is 5. The molecule has 0 fully saturated rings. The van der Waals surface area contributed by atoms with Crippen LogP contribution in [0, 0.1) is 17.8 Å². The van der Waals surface area contributed by atoms with Crippen LogP contribution < -0.4 is 16.2 Å². The van der Waals surface area contributed by atoms with E-state index >= 15 is 0 Å². The Morgan fingerprint density at radius 3 is 2.28 bits per heavy atom. The normalized spacial score (nSPS) is 16.3. The number of carbonyl (C=O) groups is 1. The van der Waals surface area contributed by atoms with Crippen LogP contribution in [0.1, 0.15) is 71.1 Å². The van der Waals surface area contributed by atoms with Crippen molar-refractivity contribution in [1.29, 1.82) is 0 Å². The monoisotopic (exact) mass is 500 g/mol. The number of anilines is 1. The van der Waals surface area contributed by atoms with E-state index in [1.807, 2.05) is 44.2 Å². The summed E-state index contributed by atoms with van der Waals surface area (Å²) in [5.74, 6) is -0.943. The highest BCUT2D eigenvalue weighted by Gasteiger charge is 2.36. The van der Waals surface area contributed by atoms with E-state index in [9.17, 15) is 15.0 Å². The second kappa shape index (κ2) is 12.1. The average Bonchev–Trinajstić information content (AvgIpc) is 2.77. The van der Waals surface area contributed by atoms with Gasteiger partial charge in [-0.05, 0) is 59.8 Å². The quantitative estimate of drug-likeness (QED) is 0.214. The van der Waals surface area contributed by atoms with Gasteiger partial charge >= 0.3 is 5.97 Å². The molecule has 0 amide bonds. The zero-order valence-electron chi connectivity index (χ0n) is 22.5. The van der Waals surface area contributed by atoms with E-state index in [1.165, 1.54) is 6.92 Å². The Hall–Kier alpha value is -2.61. The molecule has 0 spiro atoms. The Morgan fingerprint density at radius 1 is 1.08 bits per heavy atom. The molecule has 200 valence electrons. The number of nitrogen functional groups attached to an aromatic ring is 1. The minimum atomic E-state index is -1.89. The fourth-order valence-electron chi connectivity index (χ4n) is 4.30. The van der Waals surface area contributed by atoms with Gasteiger partial charge in [-0.3, -0.25) is 4.79 Å². The number of carboxylic acid groups (broad SMARTS) is 1. The van der Waals surface area contributed by atoms with Crippen LogP contribution in [0.3, 0.4) is 0 Å². The van der Waals surface area contributed by atoms with Crippen LogP contribution >= 0.6 is 0 Å². The summed E-state index contributed by atoms with van der Waals surface area (Å²) in [5, 5.41) is 30.5. The number of rotatable bonds is 12. The maximum Gasteiger partial charge on any atom is 0.306 e. The molecule has 0 bridgehead atoms. The molecule has 7 heteroatoms. The number of ether oxygens (including phenoxy) is 1. The first-order valence-corrected chi connectivity index (χ1v) is 12.6. The first-order valence-electron chi connectivity index (χ1n) is 12.6. The van der Waals surface area contributed by atoms with Crippen molar-refractivity contribution in [3.05, 3.63) is 59.2 Å². The number of aliphatic hydroxyl groups is 2. The maximum absolute atomic E-state index is 11.2. The predicted molar refractivity (Wildman–Crippen MR) is 144 cm³/mol. The van der Waals surface area contributed by atoms with Gasteiger partial charge in [0, 0.05) is 11.3 Å². The summed E-state index contributed by atoms with van der Waals surface area (Å²) in [4.78, 5) is 11.2. The molecule has 2 aromatic rings. The first-order chi connectivity index (χ1) is 16.6. The number of benzene rings is 2. The van der Waals surface area contributed by atoms with Crippen LogP contribution in [0.5, 0.6) is 5.75 Å². The number of para-hydroxylation sites is 1. The molecule has 0 saturated carbocycles. The van der Waals surface area contributed by atoms with Gasteiger partial charge in [0.25, 0.3) is 0 Å². The highest BCUT2D eigenvalue weighted by molar-refractivity contribution is 5.69. The van der Waals surface area contributed by atoms with Crippen molar-refractivity contribution < 1.29 is 24.9 Å². The second-order valence-corrected chi connectivity index (χ2v) is 11.5. The van der Waals surface area contributed by atoms with Crippen LogP contribution in [0.25, 0.3) is 0 Å². The van der Waals surface area contributed by atoms with Crippen LogP contribution in [0.15, 0.2) is 42.5 Å². The van der Waals surface area contributed by atoms with E-state index in [1.54, 1.807) is 0 Å². The number of aliphatic hydroxyl groups excluding tert-OH is 1. The number of hydrogen-bond acceptors (Lipinski definition) is 6. The summed E-state index contributed by atoms with van der Waals surface area (Å²) in [5.41, 5.74) is 13.9. The van der Waals surface area contributed by atoms with E-state index in [0.29, 0.717) is 18.7 Å². The molecular weight excluding hydrogens is 456 g/mol. The Balaban J connectivity index is 2.26. The van der Waals surface area contributed by atoms with Crippen molar-refractivity contribution in [2.45, 2.75) is 84.7 Å². The van der Waals surface area contributed by atoms with Crippen molar-refractivity contribution in [2.75, 3.05) is 5.73 Å². The fourth-order valence-corrected chi connectivity index (χ4v) is 4.30. The SMILES string of the molecule is CC(C[C@H](O)[C@@](N)(O)C[C@H](Cc1ccc(C(C)(C)C)c(OCc2ccccc2N)c1)C(C)C)C(=O)O. The van der Waals surface area contributed by atoms with Gasteiger partial charge in [-0.1, -0.05) is 71.9 Å². The molecule has 0 aliphatic rings. The highest BCUT2D eigenvalue weighted by Crippen LogP contribution is 2.35. The molecule has 0 aliphatic carbocycles. The summed E-state index contributed by atoms with van der Waals surface area (Å²) in [7, 11) is 0. The molecule has 36 heavy (non-hydrogen) atoms. The van der Waals surface area contributed by atoms with Gasteiger partial charge in [-0.15, -0.1) is 0 Å². The van der Waals surface area contributed by atoms with E-state index in [4.69, 9.17) is 21.3 Å². The molecule has 2 aromatic carbocycles. The molecular formula is C29H44N2O5. The smallest absolute Gasteiger partial charge is 0.306 e. The largest absolute Gasteiger partial charge is 0.489 e. The third-order valence-corrected chi connectivity index (χ3v) is 6.90. The molecule has 0 radical (unpaired) electrons. The summed E-state index contributed by atoms with van der Waals surface area (Å²) in [6.07, 6.45) is -0.709. The van der Waals surface area contributed by atoms with Gasteiger partial charge < -0.3 is 31.5 Å². The summed E-state index contributed by atoms with van der Waals surface area (Å²) in [6, 6.07) is 13.8. The Morgan fingerprint density at radius 2 is 1.72 bits per heavy atom. The van der Waals surface area contributed by atoms with Gasteiger partial charge in [-0.25, -0.2) is 0 Å². The van der Waals surface area contributed by atoms with E-state index < -0.39 is 23.7 Å². The zero-order chi connectivity index (χ0) is 27.3. The number of aliphatic carboxylic acids is 1. The third-order valence-electron chi connectivity index (χ3n) is 6.90. The number of carboxylic acids is 1. The second-order valence-electron chi connectivity index (χ2n) is 11.5. The van der Waals surface area contributed by atoms with Crippen molar-refractivity contribution >= 4 is 11.7 Å². The average molecular weight is 501 g/mol. The summed E-state index contributed by atoms with van der Waals surface area (Å²) in [6.45, 7) is 12.3. The van der Waals surface area contributed by atoms with Crippen molar-refractivity contribution in [3.8, 4) is 5.75 Å². The van der Waals surface area contributed by atoms with Gasteiger partial charge in [0.1, 0.15) is 18.1 Å². The first kappa shape index (κ1) is 29.6. The minimum absolute atomic E-state index is 0.0483. The van der Waals surface area contributed by atoms with Crippen molar-refractivity contribution in [2.24, 2.45) is 23.5 Å². The van der Waals surface area contributed by atoms with E-state index in [0.717, 1.165) is 22.4 Å². The standard InChI is InChI=1S/C29H44N2O5/c1-18(2)22(16-29(31,35)26(32)13-19(3)27(33)34)14-20-11-12-23(28(4,5)6)25(15-20)36-17-21-9-7-8-10-24(21)30/h7-12,15,18-19,22,26,32,35H,13-14,16-17,30-31H2,1-6H3,(H,33,34)/t19?,22-,26-,29-/m0/s1. The van der Waals surface area contributed by atoms with Crippen LogP contribution in [0.2, 0.25) is 0 Å². The third kappa shape index (κ3) is 8.22. The predicted octanol–water partition coefficient (Wildman–Crippen LogP) is 4.47. The lowest BCUT2D eigenvalue weighted by Crippen LogP contribution is -2.53. The Bertz CT molecular complexity index is 1010. The molecule has 0 saturated heterocycles. The zero-order valence-corrected chi connectivity index (χ0v) is 22.5. The van der Waals surface area contributed by atoms with Crippen molar-refractivity contribution in [1.82, 2.24) is 0 Å². The maximum atomic E-state index is 11.2. The van der Waals surface area contributed by atoms with Gasteiger partial charge in [0.15, 0.2) is 0 Å². The lowest BCUT2D eigenvalue weighted by molar-refractivity contribution is -0.145. The van der Waals surface area contributed by atoms with Gasteiger partial charge in [0.2, 0.25) is 0 Å². The minimum Gasteiger partial charge on any atom is -0.489 e. The highest BCUT2D eigenvalue weighted by atomic mass is 16.5. The molecule has 7 nitrogen and oxygen atoms in total. The molecule has 0 aliphatic heterocycles. The van der Waals surface area contributed by atoms with E-state index in [-0.39, 0.29) is 30.1 Å². The fraction of sp³-hybridized carbons (Fsp3) is 0.552. The molecule has 2 rings (SSSR count). The van der Waals surface area contributed by atoms with Gasteiger partial charge in [0.05, 0.1) is 12.0 Å². The lowest BCUT2D eigenvalue weighted by Gasteiger charge is -2.35. The number of nitrogens with two attached hydrogens (primary N) is 2. The van der Waals surface area contributed by atoms with Crippen LogP contribution in [-0.4, -0.2) is 33.1 Å². The Kier molecular flexibility index (Phi) is 9.94. The molecule has 0 heterocycles. The van der Waals surface area contributed by atoms with Crippen LogP contribution in [0.4, 0.5) is 5.69 Å². The van der Waals surface area contributed by atoms with E-state index in [2.05, 4.69) is 32.9 Å². The molecule has 0 aromatic heterocycles. The van der Waals surface area contributed by atoms with Crippen molar-refractivity contribution in [3.63, 3.8) is 0 Å². The Labute approximate surface area is 215 Å². The summed E-state index contributed by atoms with van der Waals surface area (Å²) >= 11 is 0. The lowest BCUT2D eigenvalue weighted by atomic mass is 9.79. The molecule has 4 atom stereocenters. The van der Waals surface area contributed by atoms with Gasteiger partial charge in [-0.2, -0.15) is 0 Å². The molecule has 1 unspecified atom stereocenters.